The van der Waals surface area contributed by atoms with Crippen LogP contribution in [-0.4, -0.2) is 37.9 Å². The van der Waals surface area contributed by atoms with Crippen molar-refractivity contribution in [3.63, 3.8) is 0 Å². The second kappa shape index (κ2) is 6.19. The third kappa shape index (κ3) is 3.09. The van der Waals surface area contributed by atoms with E-state index in [2.05, 4.69) is 20.9 Å². The Hall–Kier alpha value is -0.660. The van der Waals surface area contributed by atoms with Crippen LogP contribution in [0.5, 0.6) is 5.75 Å². The highest BCUT2D eigenvalue weighted by atomic mass is 79.9. The van der Waals surface area contributed by atoms with Crippen LogP contribution in [0.1, 0.15) is 25.7 Å². The Labute approximate surface area is 122 Å². The molecule has 19 heavy (non-hydrogen) atoms. The Kier molecular flexibility index (Phi) is 4.81. The van der Waals surface area contributed by atoms with Crippen LogP contribution >= 0.6 is 15.9 Å². The summed E-state index contributed by atoms with van der Waals surface area (Å²) in [6.07, 6.45) is 6.86. The molecule has 0 saturated carbocycles. The summed E-state index contributed by atoms with van der Waals surface area (Å²) in [5, 5.41) is 0. The standard InChI is InChI=1S/C12H17BrN2O3S/c1-18-12-10(13)8-14-9-11(12)19(16,17)15-6-4-2-3-5-7-15/h8-9H,2-7H2,1H3. The second-order valence-corrected chi connectivity index (χ2v) is 7.23. The zero-order valence-electron chi connectivity index (χ0n) is 10.8. The summed E-state index contributed by atoms with van der Waals surface area (Å²) in [5.74, 6) is 0.319. The van der Waals surface area contributed by atoms with Gasteiger partial charge < -0.3 is 4.74 Å². The molecule has 7 heteroatoms. The molecule has 2 heterocycles. The number of methoxy groups -OCH3 is 1. The van der Waals surface area contributed by atoms with Crippen LogP contribution in [0.2, 0.25) is 0 Å². The van der Waals surface area contributed by atoms with Gasteiger partial charge in [-0.2, -0.15) is 4.31 Å². The summed E-state index contributed by atoms with van der Waals surface area (Å²) in [4.78, 5) is 4.08. The second-order valence-electron chi connectivity index (χ2n) is 4.47. The molecule has 0 atom stereocenters. The Balaban J connectivity index is 2.41. The van der Waals surface area contributed by atoms with Gasteiger partial charge in [0.15, 0.2) is 5.75 Å². The number of pyridine rings is 1. The van der Waals surface area contributed by atoms with Gasteiger partial charge in [0.1, 0.15) is 4.90 Å². The summed E-state index contributed by atoms with van der Waals surface area (Å²) < 4.78 is 32.6. The SMILES string of the molecule is COc1c(Br)cncc1S(=O)(=O)N1CCCCCC1. The third-order valence-electron chi connectivity index (χ3n) is 3.21. The van der Waals surface area contributed by atoms with Crippen LogP contribution < -0.4 is 4.74 Å². The number of rotatable bonds is 3. The molecular weight excluding hydrogens is 332 g/mol. The molecule has 0 N–H and O–H groups in total. The molecule has 2 rings (SSSR count). The zero-order valence-corrected chi connectivity index (χ0v) is 13.2. The van der Waals surface area contributed by atoms with E-state index in [0.717, 1.165) is 25.7 Å². The summed E-state index contributed by atoms with van der Waals surface area (Å²) >= 11 is 3.27. The van der Waals surface area contributed by atoms with Gasteiger partial charge in [0, 0.05) is 19.3 Å². The first kappa shape index (κ1) is 14.7. The van der Waals surface area contributed by atoms with E-state index < -0.39 is 10.0 Å². The summed E-state index contributed by atoms with van der Waals surface area (Å²) in [6.45, 7) is 1.13. The minimum absolute atomic E-state index is 0.131. The maximum Gasteiger partial charge on any atom is 0.248 e. The van der Waals surface area contributed by atoms with Crippen molar-refractivity contribution in [2.45, 2.75) is 30.6 Å². The smallest absolute Gasteiger partial charge is 0.248 e. The van der Waals surface area contributed by atoms with Crippen LogP contribution in [-0.2, 0) is 10.0 Å². The fraction of sp³-hybridized carbons (Fsp3) is 0.583. The molecule has 1 saturated heterocycles. The van der Waals surface area contributed by atoms with Crippen molar-refractivity contribution in [3.05, 3.63) is 16.9 Å². The third-order valence-corrected chi connectivity index (χ3v) is 5.66. The lowest BCUT2D eigenvalue weighted by molar-refractivity contribution is 0.388. The number of aromatic nitrogens is 1. The highest BCUT2D eigenvalue weighted by Crippen LogP contribution is 2.33. The molecule has 1 fully saturated rings. The number of halogens is 1. The predicted octanol–water partition coefficient (Wildman–Crippen LogP) is 2.42. The van der Waals surface area contributed by atoms with Gasteiger partial charge in [-0.15, -0.1) is 0 Å². The molecule has 0 spiro atoms. The highest BCUT2D eigenvalue weighted by Gasteiger charge is 2.29. The van der Waals surface area contributed by atoms with Gasteiger partial charge in [-0.05, 0) is 28.8 Å². The van der Waals surface area contributed by atoms with Crippen molar-refractivity contribution in [1.82, 2.24) is 9.29 Å². The number of ether oxygens (including phenoxy) is 1. The number of nitrogens with zero attached hydrogens (tertiary/aromatic N) is 2. The first-order chi connectivity index (χ1) is 9.07. The quantitative estimate of drug-likeness (QED) is 0.841. The summed E-state index contributed by atoms with van der Waals surface area (Å²) in [7, 11) is -2.07. The van der Waals surface area contributed by atoms with E-state index in [0.29, 0.717) is 23.3 Å². The van der Waals surface area contributed by atoms with Crippen LogP contribution in [0.3, 0.4) is 0 Å². The molecule has 0 aliphatic carbocycles. The number of hydrogen-bond donors (Lipinski definition) is 0. The van der Waals surface area contributed by atoms with Crippen LogP contribution in [0.25, 0.3) is 0 Å². The lowest BCUT2D eigenvalue weighted by Gasteiger charge is -2.21. The maximum atomic E-state index is 12.7. The average Bonchev–Trinajstić information content (AvgIpc) is 2.67. The Morgan fingerprint density at radius 2 is 1.84 bits per heavy atom. The van der Waals surface area contributed by atoms with Gasteiger partial charge in [-0.1, -0.05) is 12.8 Å². The molecule has 106 valence electrons. The predicted molar refractivity (Wildman–Crippen MR) is 75.7 cm³/mol. The number of hydrogen-bond acceptors (Lipinski definition) is 4. The topological polar surface area (TPSA) is 59.5 Å². The van der Waals surface area contributed by atoms with Crippen molar-refractivity contribution in [2.24, 2.45) is 0 Å². The van der Waals surface area contributed by atoms with Gasteiger partial charge in [0.2, 0.25) is 10.0 Å². The molecule has 0 unspecified atom stereocenters. The minimum Gasteiger partial charge on any atom is -0.494 e. The van der Waals surface area contributed by atoms with E-state index in [1.165, 1.54) is 23.8 Å². The molecule has 0 radical (unpaired) electrons. The first-order valence-electron chi connectivity index (χ1n) is 6.25. The molecular formula is C12H17BrN2O3S. The zero-order chi connectivity index (χ0) is 13.9. The lowest BCUT2D eigenvalue weighted by Crippen LogP contribution is -2.32. The maximum absolute atomic E-state index is 12.7. The van der Waals surface area contributed by atoms with Crippen LogP contribution in [0.15, 0.2) is 21.8 Å². The monoisotopic (exact) mass is 348 g/mol. The van der Waals surface area contributed by atoms with Crippen molar-refractivity contribution >= 4 is 26.0 Å². The first-order valence-corrected chi connectivity index (χ1v) is 8.48. The van der Waals surface area contributed by atoms with E-state index in [1.54, 1.807) is 0 Å². The van der Waals surface area contributed by atoms with E-state index in [9.17, 15) is 8.42 Å². The minimum atomic E-state index is -3.53. The van der Waals surface area contributed by atoms with Crippen LogP contribution in [0, 0.1) is 0 Å². The Morgan fingerprint density at radius 1 is 1.21 bits per heavy atom. The van der Waals surface area contributed by atoms with Gasteiger partial charge >= 0.3 is 0 Å². The van der Waals surface area contributed by atoms with Crippen molar-refractivity contribution in [2.75, 3.05) is 20.2 Å². The van der Waals surface area contributed by atoms with Gasteiger partial charge in [-0.3, -0.25) is 4.98 Å². The fourth-order valence-electron chi connectivity index (χ4n) is 2.21. The van der Waals surface area contributed by atoms with Crippen LogP contribution in [0.4, 0.5) is 0 Å². The van der Waals surface area contributed by atoms with Crippen molar-refractivity contribution in [1.29, 1.82) is 0 Å². The lowest BCUT2D eigenvalue weighted by atomic mass is 10.2. The van der Waals surface area contributed by atoms with Gasteiger partial charge in [-0.25, -0.2) is 8.42 Å². The van der Waals surface area contributed by atoms with Crippen molar-refractivity contribution < 1.29 is 13.2 Å². The number of sulfonamides is 1. The molecule has 0 bridgehead atoms. The van der Waals surface area contributed by atoms with E-state index in [1.807, 2.05) is 0 Å². The van der Waals surface area contributed by atoms with Gasteiger partial charge in [0.25, 0.3) is 0 Å². The summed E-state index contributed by atoms with van der Waals surface area (Å²) in [5.41, 5.74) is 0. The normalized spacial score (nSPS) is 18.0. The fourth-order valence-corrected chi connectivity index (χ4v) is 4.47. The Bertz CT molecular complexity index is 540. The highest BCUT2D eigenvalue weighted by molar-refractivity contribution is 9.10. The molecule has 5 nitrogen and oxygen atoms in total. The average molecular weight is 349 g/mol. The molecule has 1 aromatic heterocycles. The van der Waals surface area contributed by atoms with Gasteiger partial charge in [0.05, 0.1) is 17.8 Å². The molecule has 1 aliphatic rings. The molecule has 0 amide bonds. The molecule has 1 aliphatic heterocycles. The molecule has 1 aromatic rings. The largest absolute Gasteiger partial charge is 0.494 e. The van der Waals surface area contributed by atoms with Crippen molar-refractivity contribution in [3.8, 4) is 5.75 Å². The Morgan fingerprint density at radius 3 is 2.42 bits per heavy atom. The van der Waals surface area contributed by atoms with E-state index in [4.69, 9.17) is 4.74 Å². The molecule has 0 aromatic carbocycles. The van der Waals surface area contributed by atoms with E-state index >= 15 is 0 Å². The summed E-state index contributed by atoms with van der Waals surface area (Å²) in [6, 6.07) is 0. The van der Waals surface area contributed by atoms with E-state index in [-0.39, 0.29) is 4.90 Å².